The van der Waals surface area contributed by atoms with Crippen molar-refractivity contribution < 1.29 is 0 Å². The Morgan fingerprint density at radius 2 is 0.565 bits per heavy atom. The number of hydrogen-bond donors (Lipinski definition) is 0. The standard InChI is InChI=1S/C11H27N3.C7H18N2/c1-12(2)8-6-10-14(5)11-7-9-13(3)4;1-8(2)6-5-7-9(3)4/h6-11H2,1-5H3;5-7H2,1-4H3. The number of hydrogen-bond acceptors (Lipinski definition) is 5. The van der Waals surface area contributed by atoms with Crippen molar-refractivity contribution in [2.24, 2.45) is 0 Å². The van der Waals surface area contributed by atoms with Crippen molar-refractivity contribution in [1.29, 1.82) is 0 Å². The van der Waals surface area contributed by atoms with Gasteiger partial charge in [-0.2, -0.15) is 0 Å². The van der Waals surface area contributed by atoms with Crippen LogP contribution in [0.5, 0.6) is 0 Å². The lowest BCUT2D eigenvalue weighted by atomic mass is 10.3. The molecule has 0 aliphatic heterocycles. The minimum Gasteiger partial charge on any atom is -0.309 e. The quantitative estimate of drug-likeness (QED) is 0.534. The van der Waals surface area contributed by atoms with Gasteiger partial charge in [-0.1, -0.05) is 0 Å². The summed E-state index contributed by atoms with van der Waals surface area (Å²) in [6.07, 6.45) is 3.80. The topological polar surface area (TPSA) is 16.2 Å². The molecule has 0 N–H and O–H groups in total. The molecule has 0 aliphatic carbocycles. The maximum Gasteiger partial charge on any atom is -0.000959 e. The Kier molecular flexibility index (Phi) is 18.1. The van der Waals surface area contributed by atoms with E-state index in [1.54, 1.807) is 0 Å². The van der Waals surface area contributed by atoms with Crippen LogP contribution in [0.4, 0.5) is 0 Å². The highest BCUT2D eigenvalue weighted by Crippen LogP contribution is 1.92. The van der Waals surface area contributed by atoms with Gasteiger partial charge in [0, 0.05) is 0 Å². The summed E-state index contributed by atoms with van der Waals surface area (Å²) in [5.74, 6) is 0. The molecule has 0 unspecified atom stereocenters. The average molecular weight is 332 g/mol. The summed E-state index contributed by atoms with van der Waals surface area (Å²) in [6, 6.07) is 0. The van der Waals surface area contributed by atoms with Crippen LogP contribution in [0.3, 0.4) is 0 Å². The maximum atomic E-state index is 2.42. The molecule has 0 fully saturated rings. The molecular formula is C18H45N5. The molecule has 0 aromatic heterocycles. The molecule has 0 atom stereocenters. The van der Waals surface area contributed by atoms with Gasteiger partial charge in [-0.15, -0.1) is 0 Å². The molecule has 0 radical (unpaired) electrons. The van der Waals surface area contributed by atoms with Crippen LogP contribution in [-0.2, 0) is 0 Å². The van der Waals surface area contributed by atoms with Crippen LogP contribution in [0.1, 0.15) is 19.3 Å². The molecule has 0 rings (SSSR count). The first-order valence-electron chi connectivity index (χ1n) is 8.92. The average Bonchev–Trinajstić information content (AvgIpc) is 2.37. The first-order valence-corrected chi connectivity index (χ1v) is 8.92. The summed E-state index contributed by atoms with van der Waals surface area (Å²) in [5, 5.41) is 0. The second kappa shape index (κ2) is 16.7. The van der Waals surface area contributed by atoms with E-state index in [4.69, 9.17) is 0 Å². The zero-order valence-corrected chi connectivity index (χ0v) is 17.6. The third kappa shape index (κ3) is 27.0. The van der Waals surface area contributed by atoms with E-state index in [-0.39, 0.29) is 0 Å². The van der Waals surface area contributed by atoms with E-state index in [1.807, 2.05) is 0 Å². The fourth-order valence-electron chi connectivity index (χ4n) is 2.13. The highest BCUT2D eigenvalue weighted by molar-refractivity contribution is 4.55. The van der Waals surface area contributed by atoms with Crippen LogP contribution < -0.4 is 0 Å². The second-order valence-electron chi connectivity index (χ2n) is 7.58. The zero-order valence-electron chi connectivity index (χ0n) is 17.6. The first-order chi connectivity index (χ1) is 10.6. The van der Waals surface area contributed by atoms with Crippen molar-refractivity contribution in [1.82, 2.24) is 24.5 Å². The molecule has 5 nitrogen and oxygen atoms in total. The highest BCUT2D eigenvalue weighted by Gasteiger charge is 1.99. The van der Waals surface area contributed by atoms with Gasteiger partial charge in [-0.05, 0) is 122 Å². The summed E-state index contributed by atoms with van der Waals surface area (Å²) in [5.41, 5.74) is 0. The first kappa shape index (κ1) is 25.0. The van der Waals surface area contributed by atoms with Crippen LogP contribution in [0.2, 0.25) is 0 Å². The molecule has 0 bridgehead atoms. The van der Waals surface area contributed by atoms with Crippen molar-refractivity contribution in [3.8, 4) is 0 Å². The van der Waals surface area contributed by atoms with Crippen molar-refractivity contribution in [2.75, 3.05) is 103 Å². The van der Waals surface area contributed by atoms with Gasteiger partial charge in [0.2, 0.25) is 0 Å². The van der Waals surface area contributed by atoms with E-state index in [9.17, 15) is 0 Å². The Labute approximate surface area is 147 Å². The van der Waals surface area contributed by atoms with E-state index in [2.05, 4.69) is 87.9 Å². The Hall–Kier alpha value is -0.200. The fraction of sp³-hybridized carbons (Fsp3) is 1.00. The SMILES string of the molecule is CN(C)CCCN(C)C.CN(C)CCCN(C)CCCN(C)C. The predicted molar refractivity (Wildman–Crippen MR) is 106 cm³/mol. The van der Waals surface area contributed by atoms with Gasteiger partial charge >= 0.3 is 0 Å². The van der Waals surface area contributed by atoms with Crippen molar-refractivity contribution in [3.63, 3.8) is 0 Å². The Bertz CT molecular complexity index is 207. The Morgan fingerprint density at radius 3 is 0.783 bits per heavy atom. The highest BCUT2D eigenvalue weighted by atomic mass is 15.1. The van der Waals surface area contributed by atoms with Crippen molar-refractivity contribution in [2.45, 2.75) is 19.3 Å². The summed E-state index contributed by atoms with van der Waals surface area (Å²) in [6.45, 7) is 7.20. The normalized spacial score (nSPS) is 11.7. The number of rotatable bonds is 12. The molecule has 0 saturated carbocycles. The van der Waals surface area contributed by atoms with E-state index in [0.717, 1.165) is 0 Å². The molecule has 0 saturated heterocycles. The summed E-state index contributed by atoms with van der Waals surface area (Å²) in [4.78, 5) is 11.3. The van der Waals surface area contributed by atoms with Gasteiger partial charge in [0.1, 0.15) is 0 Å². The summed E-state index contributed by atoms with van der Waals surface area (Å²) >= 11 is 0. The zero-order chi connectivity index (χ0) is 18.3. The van der Waals surface area contributed by atoms with Gasteiger partial charge in [0.25, 0.3) is 0 Å². The fourth-order valence-corrected chi connectivity index (χ4v) is 2.13. The molecular weight excluding hydrogens is 286 g/mol. The molecule has 0 aromatic rings. The minimum absolute atomic E-state index is 1.19. The van der Waals surface area contributed by atoms with Crippen LogP contribution in [0.15, 0.2) is 0 Å². The monoisotopic (exact) mass is 331 g/mol. The van der Waals surface area contributed by atoms with Gasteiger partial charge in [-0.3, -0.25) is 0 Å². The summed E-state index contributed by atoms with van der Waals surface area (Å²) in [7, 11) is 19.2. The Morgan fingerprint density at radius 1 is 0.348 bits per heavy atom. The van der Waals surface area contributed by atoms with E-state index >= 15 is 0 Å². The molecule has 23 heavy (non-hydrogen) atoms. The second-order valence-corrected chi connectivity index (χ2v) is 7.58. The third-order valence-corrected chi connectivity index (χ3v) is 3.50. The van der Waals surface area contributed by atoms with Gasteiger partial charge in [0.15, 0.2) is 0 Å². The van der Waals surface area contributed by atoms with Crippen molar-refractivity contribution in [3.05, 3.63) is 0 Å². The predicted octanol–water partition coefficient (Wildman–Crippen LogP) is 1.32. The van der Waals surface area contributed by atoms with E-state index in [0.29, 0.717) is 0 Å². The third-order valence-electron chi connectivity index (χ3n) is 3.50. The molecule has 0 amide bonds. The lowest BCUT2D eigenvalue weighted by Crippen LogP contribution is -2.26. The largest absolute Gasteiger partial charge is 0.309 e. The van der Waals surface area contributed by atoms with Gasteiger partial charge in [0.05, 0.1) is 0 Å². The van der Waals surface area contributed by atoms with Gasteiger partial charge < -0.3 is 24.5 Å². The molecule has 0 aliphatic rings. The van der Waals surface area contributed by atoms with Crippen LogP contribution in [0, 0.1) is 0 Å². The van der Waals surface area contributed by atoms with Crippen molar-refractivity contribution >= 4 is 0 Å². The van der Waals surface area contributed by atoms with Crippen LogP contribution in [0.25, 0.3) is 0 Å². The lowest BCUT2D eigenvalue weighted by molar-refractivity contribution is 0.281. The molecule has 142 valence electrons. The number of nitrogens with zero attached hydrogens (tertiary/aromatic N) is 5. The van der Waals surface area contributed by atoms with E-state index < -0.39 is 0 Å². The maximum absolute atomic E-state index is 2.42. The molecule has 0 spiro atoms. The molecule has 0 aromatic carbocycles. The smallest absolute Gasteiger partial charge is 0.000959 e. The minimum atomic E-state index is 1.19. The Balaban J connectivity index is 0. The van der Waals surface area contributed by atoms with Gasteiger partial charge in [-0.25, -0.2) is 0 Å². The van der Waals surface area contributed by atoms with Crippen LogP contribution in [-0.4, -0.2) is 127 Å². The molecule has 5 heteroatoms. The van der Waals surface area contributed by atoms with E-state index in [1.165, 1.54) is 58.5 Å². The van der Waals surface area contributed by atoms with Crippen LogP contribution >= 0.6 is 0 Å². The molecule has 0 heterocycles. The lowest BCUT2D eigenvalue weighted by Gasteiger charge is -2.19. The summed E-state index contributed by atoms with van der Waals surface area (Å²) < 4.78 is 0.